The van der Waals surface area contributed by atoms with Crippen LogP contribution in [0.1, 0.15) is 37.8 Å². The zero-order chi connectivity index (χ0) is 11.5. The molecule has 1 fully saturated rings. The lowest BCUT2D eigenvalue weighted by atomic mass is 10.1. The van der Waals surface area contributed by atoms with Crippen LogP contribution in [0.4, 0.5) is 0 Å². The highest BCUT2D eigenvalue weighted by Gasteiger charge is 2.25. The van der Waals surface area contributed by atoms with E-state index in [2.05, 4.69) is 23.5 Å². The summed E-state index contributed by atoms with van der Waals surface area (Å²) < 4.78 is 7.22. The molecule has 0 aromatic carbocycles. The van der Waals surface area contributed by atoms with E-state index >= 15 is 0 Å². The van der Waals surface area contributed by atoms with Crippen molar-refractivity contribution < 1.29 is 4.74 Å². The molecule has 0 amide bonds. The van der Waals surface area contributed by atoms with E-state index in [0.717, 1.165) is 6.42 Å². The number of ether oxygens (including phenoxy) is 1. The summed E-state index contributed by atoms with van der Waals surface area (Å²) in [6.07, 6.45) is 7.96. The van der Waals surface area contributed by atoms with Crippen molar-refractivity contribution in [2.45, 2.75) is 44.4 Å². The van der Waals surface area contributed by atoms with E-state index in [4.69, 9.17) is 4.74 Å². The molecule has 4 heteroatoms. The van der Waals surface area contributed by atoms with Crippen LogP contribution in [0, 0.1) is 0 Å². The summed E-state index contributed by atoms with van der Waals surface area (Å²) in [5.74, 6) is 0. The van der Waals surface area contributed by atoms with Crippen LogP contribution in [0.15, 0.2) is 12.4 Å². The van der Waals surface area contributed by atoms with Crippen molar-refractivity contribution >= 4 is 0 Å². The van der Waals surface area contributed by atoms with Gasteiger partial charge in [0, 0.05) is 38.0 Å². The molecule has 90 valence electrons. The molecule has 0 aliphatic heterocycles. The predicted molar refractivity (Wildman–Crippen MR) is 63.2 cm³/mol. The Bertz CT molecular complexity index is 337. The third-order valence-electron chi connectivity index (χ3n) is 3.43. The molecular formula is C12H21N3O. The molecule has 0 radical (unpaired) electrons. The van der Waals surface area contributed by atoms with Gasteiger partial charge in [-0.1, -0.05) is 0 Å². The summed E-state index contributed by atoms with van der Waals surface area (Å²) in [7, 11) is 3.75. The second-order valence-electron chi connectivity index (χ2n) is 4.70. The standard InChI is InChI=1S/C12H21N3O/c1-9(10-7-13-15(2)8-10)14-11-4-5-12(6-11)16-3/h7-9,11-12,14H,4-6H2,1-3H3. The lowest BCUT2D eigenvalue weighted by molar-refractivity contribution is 0.106. The number of hydrogen-bond donors (Lipinski definition) is 1. The molecule has 1 aromatic heterocycles. The smallest absolute Gasteiger partial charge is 0.0586 e. The normalized spacial score (nSPS) is 27.2. The molecule has 3 atom stereocenters. The third-order valence-corrected chi connectivity index (χ3v) is 3.43. The van der Waals surface area contributed by atoms with Gasteiger partial charge < -0.3 is 10.1 Å². The van der Waals surface area contributed by atoms with Crippen molar-refractivity contribution in [3.63, 3.8) is 0 Å². The van der Waals surface area contributed by atoms with Crippen molar-refractivity contribution in [3.05, 3.63) is 18.0 Å². The number of nitrogens with zero attached hydrogens (tertiary/aromatic N) is 2. The van der Waals surface area contributed by atoms with Crippen LogP contribution in [0.5, 0.6) is 0 Å². The fourth-order valence-electron chi connectivity index (χ4n) is 2.42. The van der Waals surface area contributed by atoms with Gasteiger partial charge in [-0.25, -0.2) is 0 Å². The largest absolute Gasteiger partial charge is 0.381 e. The minimum absolute atomic E-state index is 0.370. The molecule has 4 nitrogen and oxygen atoms in total. The Kier molecular flexibility index (Phi) is 3.61. The van der Waals surface area contributed by atoms with Gasteiger partial charge in [0.2, 0.25) is 0 Å². The highest BCUT2D eigenvalue weighted by molar-refractivity contribution is 5.09. The Morgan fingerprint density at radius 1 is 1.56 bits per heavy atom. The van der Waals surface area contributed by atoms with Gasteiger partial charge >= 0.3 is 0 Å². The van der Waals surface area contributed by atoms with Crippen molar-refractivity contribution in [2.75, 3.05) is 7.11 Å². The van der Waals surface area contributed by atoms with E-state index in [9.17, 15) is 0 Å². The van der Waals surface area contributed by atoms with E-state index in [-0.39, 0.29) is 0 Å². The fraction of sp³-hybridized carbons (Fsp3) is 0.750. The predicted octanol–water partition coefficient (Wildman–Crippen LogP) is 1.64. The highest BCUT2D eigenvalue weighted by atomic mass is 16.5. The number of aryl methyl sites for hydroxylation is 1. The zero-order valence-electron chi connectivity index (χ0n) is 10.3. The molecule has 1 saturated carbocycles. The second kappa shape index (κ2) is 4.97. The molecule has 16 heavy (non-hydrogen) atoms. The average Bonchev–Trinajstić information content (AvgIpc) is 2.87. The van der Waals surface area contributed by atoms with Gasteiger partial charge in [-0.15, -0.1) is 0 Å². The molecule has 3 unspecified atom stereocenters. The number of hydrogen-bond acceptors (Lipinski definition) is 3. The molecule has 2 rings (SSSR count). The number of methoxy groups -OCH3 is 1. The third kappa shape index (κ3) is 2.62. The number of nitrogens with one attached hydrogen (secondary N) is 1. The first-order valence-electron chi connectivity index (χ1n) is 5.96. The Balaban J connectivity index is 1.86. The van der Waals surface area contributed by atoms with Gasteiger partial charge in [-0.3, -0.25) is 4.68 Å². The first-order valence-corrected chi connectivity index (χ1v) is 5.96. The first-order chi connectivity index (χ1) is 7.69. The van der Waals surface area contributed by atoms with Gasteiger partial charge in [0.25, 0.3) is 0 Å². The number of rotatable bonds is 4. The van der Waals surface area contributed by atoms with Crippen LogP contribution in [-0.4, -0.2) is 29.0 Å². The topological polar surface area (TPSA) is 39.1 Å². The van der Waals surface area contributed by atoms with E-state index in [0.29, 0.717) is 18.2 Å². The summed E-state index contributed by atoms with van der Waals surface area (Å²) in [4.78, 5) is 0. The average molecular weight is 223 g/mol. The molecule has 1 heterocycles. The van der Waals surface area contributed by atoms with E-state index in [1.807, 2.05) is 17.9 Å². The van der Waals surface area contributed by atoms with Crippen LogP contribution >= 0.6 is 0 Å². The highest BCUT2D eigenvalue weighted by Crippen LogP contribution is 2.24. The molecule has 1 aliphatic rings. The maximum absolute atomic E-state index is 5.38. The van der Waals surface area contributed by atoms with Crippen molar-refractivity contribution in [1.82, 2.24) is 15.1 Å². The molecule has 0 saturated heterocycles. The fourth-order valence-corrected chi connectivity index (χ4v) is 2.42. The van der Waals surface area contributed by atoms with Crippen LogP contribution in [0.25, 0.3) is 0 Å². The zero-order valence-corrected chi connectivity index (χ0v) is 10.3. The Morgan fingerprint density at radius 2 is 2.38 bits per heavy atom. The molecular weight excluding hydrogens is 202 g/mol. The summed E-state index contributed by atoms with van der Waals surface area (Å²) >= 11 is 0. The van der Waals surface area contributed by atoms with Crippen molar-refractivity contribution in [3.8, 4) is 0 Å². The lowest BCUT2D eigenvalue weighted by Gasteiger charge is -2.18. The Hall–Kier alpha value is -0.870. The van der Waals surface area contributed by atoms with Crippen LogP contribution < -0.4 is 5.32 Å². The van der Waals surface area contributed by atoms with Crippen LogP contribution in [-0.2, 0) is 11.8 Å². The number of aromatic nitrogens is 2. The first kappa shape index (κ1) is 11.6. The summed E-state index contributed by atoms with van der Waals surface area (Å²) in [5.41, 5.74) is 1.25. The van der Waals surface area contributed by atoms with Gasteiger partial charge in [0.15, 0.2) is 0 Å². The molecule has 1 aliphatic carbocycles. The van der Waals surface area contributed by atoms with Crippen LogP contribution in [0.2, 0.25) is 0 Å². The van der Waals surface area contributed by atoms with Gasteiger partial charge in [-0.2, -0.15) is 5.10 Å². The van der Waals surface area contributed by atoms with E-state index in [1.165, 1.54) is 18.4 Å². The quantitative estimate of drug-likeness (QED) is 0.843. The van der Waals surface area contributed by atoms with Gasteiger partial charge in [-0.05, 0) is 26.2 Å². The van der Waals surface area contributed by atoms with Crippen molar-refractivity contribution in [2.24, 2.45) is 7.05 Å². The molecule has 0 spiro atoms. The van der Waals surface area contributed by atoms with Crippen molar-refractivity contribution in [1.29, 1.82) is 0 Å². The van der Waals surface area contributed by atoms with E-state index in [1.54, 1.807) is 7.11 Å². The van der Waals surface area contributed by atoms with Crippen LogP contribution in [0.3, 0.4) is 0 Å². The Morgan fingerprint density at radius 3 is 2.94 bits per heavy atom. The van der Waals surface area contributed by atoms with Gasteiger partial charge in [0.1, 0.15) is 0 Å². The summed E-state index contributed by atoms with van der Waals surface area (Å²) in [5, 5.41) is 7.83. The molecule has 0 bridgehead atoms. The molecule has 1 N–H and O–H groups in total. The summed E-state index contributed by atoms with van der Waals surface area (Å²) in [6, 6.07) is 0.953. The Labute approximate surface area is 97.0 Å². The lowest BCUT2D eigenvalue weighted by Crippen LogP contribution is -2.29. The van der Waals surface area contributed by atoms with Gasteiger partial charge in [0.05, 0.1) is 12.3 Å². The SMILES string of the molecule is COC1CCC(NC(C)c2cnn(C)c2)C1. The molecule has 1 aromatic rings. The minimum atomic E-state index is 0.370. The second-order valence-corrected chi connectivity index (χ2v) is 4.70. The minimum Gasteiger partial charge on any atom is -0.381 e. The van der Waals surface area contributed by atoms with E-state index < -0.39 is 0 Å². The maximum atomic E-state index is 5.38. The monoisotopic (exact) mass is 223 g/mol. The maximum Gasteiger partial charge on any atom is 0.0586 e. The summed E-state index contributed by atoms with van der Waals surface area (Å²) in [6.45, 7) is 2.19.